The Hall–Kier alpha value is -1.30. The van der Waals surface area contributed by atoms with Crippen molar-refractivity contribution in [2.45, 2.75) is 25.3 Å². The first-order valence-corrected chi connectivity index (χ1v) is 8.62. The van der Waals surface area contributed by atoms with Gasteiger partial charge in [0.2, 0.25) is 0 Å². The number of ether oxygens (including phenoxy) is 1. The number of rotatable bonds is 2. The number of hydrogen-bond acceptors (Lipinski definition) is 4. The van der Waals surface area contributed by atoms with E-state index in [9.17, 15) is 9.90 Å². The summed E-state index contributed by atoms with van der Waals surface area (Å²) in [4.78, 5) is 17.0. The predicted molar refractivity (Wildman–Crippen MR) is 89.1 cm³/mol. The molecule has 0 aliphatic carbocycles. The number of carbonyl (C=O) groups is 1. The van der Waals surface area contributed by atoms with Crippen LogP contribution >= 0.6 is 11.6 Å². The van der Waals surface area contributed by atoms with Gasteiger partial charge in [-0.05, 0) is 37.5 Å². The number of halogens is 1. The second kappa shape index (κ2) is 7.51. The van der Waals surface area contributed by atoms with Gasteiger partial charge in [0.05, 0.1) is 5.02 Å². The number of phenolic OH excluding ortho intramolecular Hbond substituents is 1. The maximum atomic E-state index is 12.6. The third-order valence-electron chi connectivity index (χ3n) is 4.72. The molecule has 0 unspecified atom stereocenters. The third kappa shape index (κ3) is 3.97. The molecule has 0 atom stereocenters. The molecule has 6 heteroatoms. The van der Waals surface area contributed by atoms with E-state index in [1.54, 1.807) is 12.1 Å². The van der Waals surface area contributed by atoms with E-state index in [4.69, 9.17) is 16.3 Å². The Balaban J connectivity index is 1.62. The Labute approximate surface area is 141 Å². The van der Waals surface area contributed by atoms with Gasteiger partial charge in [0.15, 0.2) is 0 Å². The van der Waals surface area contributed by atoms with Crippen LogP contribution in [0.1, 0.15) is 29.6 Å². The van der Waals surface area contributed by atoms with Crippen LogP contribution in [0, 0.1) is 0 Å². The number of benzene rings is 1. The van der Waals surface area contributed by atoms with Gasteiger partial charge in [0, 0.05) is 51.0 Å². The van der Waals surface area contributed by atoms with E-state index in [0.29, 0.717) is 11.6 Å². The normalized spacial score (nSPS) is 21.2. The molecule has 0 aromatic heterocycles. The molecular formula is C17H23ClN2O3. The zero-order valence-electron chi connectivity index (χ0n) is 13.2. The molecular weight excluding hydrogens is 316 g/mol. The van der Waals surface area contributed by atoms with Crippen molar-refractivity contribution in [3.8, 4) is 5.75 Å². The fourth-order valence-electron chi connectivity index (χ4n) is 3.38. The molecule has 1 amide bonds. The van der Waals surface area contributed by atoms with Gasteiger partial charge in [-0.3, -0.25) is 9.69 Å². The molecule has 0 bridgehead atoms. The quantitative estimate of drug-likeness (QED) is 0.899. The minimum atomic E-state index is -0.0132. The van der Waals surface area contributed by atoms with Crippen LogP contribution in [0.5, 0.6) is 5.75 Å². The number of carbonyl (C=O) groups excluding carboxylic acids is 1. The highest BCUT2D eigenvalue weighted by atomic mass is 35.5. The van der Waals surface area contributed by atoms with Crippen molar-refractivity contribution in [1.82, 2.24) is 9.80 Å². The van der Waals surface area contributed by atoms with Crippen LogP contribution in [-0.2, 0) is 4.74 Å². The molecule has 1 aromatic carbocycles. The SMILES string of the molecule is O=C(c1ccc(O)c(Cl)c1)N1CCCN(C2CCOCC2)CC1. The Morgan fingerprint density at radius 2 is 1.96 bits per heavy atom. The highest BCUT2D eigenvalue weighted by molar-refractivity contribution is 6.32. The van der Waals surface area contributed by atoms with Gasteiger partial charge >= 0.3 is 0 Å². The lowest BCUT2D eigenvalue weighted by atomic mass is 10.1. The second-order valence-electron chi connectivity index (χ2n) is 6.19. The van der Waals surface area contributed by atoms with Crippen molar-refractivity contribution in [2.24, 2.45) is 0 Å². The summed E-state index contributed by atoms with van der Waals surface area (Å²) in [6.07, 6.45) is 3.15. The predicted octanol–water partition coefficient (Wildman–Crippen LogP) is 2.37. The molecule has 0 saturated carbocycles. The van der Waals surface area contributed by atoms with Crippen LogP contribution in [-0.4, -0.2) is 66.2 Å². The number of aromatic hydroxyl groups is 1. The Morgan fingerprint density at radius 1 is 1.17 bits per heavy atom. The van der Waals surface area contributed by atoms with Crippen molar-refractivity contribution in [1.29, 1.82) is 0 Å². The van der Waals surface area contributed by atoms with Gasteiger partial charge in [0.1, 0.15) is 5.75 Å². The van der Waals surface area contributed by atoms with E-state index in [0.717, 1.165) is 58.7 Å². The summed E-state index contributed by atoms with van der Waals surface area (Å²) < 4.78 is 5.44. The summed E-state index contributed by atoms with van der Waals surface area (Å²) in [5.74, 6) is -0.00879. The average Bonchev–Trinajstić information content (AvgIpc) is 2.83. The van der Waals surface area contributed by atoms with Crippen LogP contribution in [0.25, 0.3) is 0 Å². The van der Waals surface area contributed by atoms with Gasteiger partial charge in [0.25, 0.3) is 5.91 Å². The highest BCUT2D eigenvalue weighted by Gasteiger charge is 2.26. The van der Waals surface area contributed by atoms with E-state index in [-0.39, 0.29) is 16.7 Å². The number of nitrogens with zero attached hydrogens (tertiary/aromatic N) is 2. The first kappa shape index (κ1) is 16.6. The van der Waals surface area contributed by atoms with Crippen LogP contribution in [0.15, 0.2) is 18.2 Å². The summed E-state index contributed by atoms with van der Waals surface area (Å²) in [6.45, 7) is 5.12. The number of amides is 1. The maximum absolute atomic E-state index is 12.6. The molecule has 3 rings (SSSR count). The van der Waals surface area contributed by atoms with Crippen molar-refractivity contribution < 1.29 is 14.6 Å². The van der Waals surface area contributed by atoms with E-state index in [1.807, 2.05) is 4.90 Å². The van der Waals surface area contributed by atoms with Crippen LogP contribution < -0.4 is 0 Å². The van der Waals surface area contributed by atoms with Crippen LogP contribution in [0.3, 0.4) is 0 Å². The molecule has 2 aliphatic rings. The number of hydrogen-bond donors (Lipinski definition) is 1. The smallest absolute Gasteiger partial charge is 0.253 e. The molecule has 2 fully saturated rings. The van der Waals surface area contributed by atoms with Crippen LogP contribution in [0.2, 0.25) is 5.02 Å². The van der Waals surface area contributed by atoms with Crippen molar-refractivity contribution in [3.63, 3.8) is 0 Å². The molecule has 5 nitrogen and oxygen atoms in total. The first-order chi connectivity index (χ1) is 11.1. The minimum Gasteiger partial charge on any atom is -0.506 e. The lowest BCUT2D eigenvalue weighted by molar-refractivity contribution is 0.0351. The van der Waals surface area contributed by atoms with Crippen molar-refractivity contribution >= 4 is 17.5 Å². The van der Waals surface area contributed by atoms with E-state index >= 15 is 0 Å². The zero-order chi connectivity index (χ0) is 16.2. The molecule has 2 saturated heterocycles. The molecule has 2 aliphatic heterocycles. The van der Waals surface area contributed by atoms with Gasteiger partial charge in [-0.25, -0.2) is 0 Å². The van der Waals surface area contributed by atoms with E-state index in [2.05, 4.69) is 4.90 Å². The van der Waals surface area contributed by atoms with E-state index in [1.165, 1.54) is 6.07 Å². The summed E-state index contributed by atoms with van der Waals surface area (Å²) >= 11 is 5.91. The van der Waals surface area contributed by atoms with Crippen molar-refractivity contribution in [2.75, 3.05) is 39.4 Å². The molecule has 23 heavy (non-hydrogen) atoms. The van der Waals surface area contributed by atoms with Gasteiger partial charge in [-0.15, -0.1) is 0 Å². The molecule has 0 radical (unpaired) electrons. The molecule has 1 aromatic rings. The standard InChI is InChI=1S/C17H23ClN2O3/c18-15-12-13(2-3-16(15)21)17(22)20-7-1-6-19(8-9-20)14-4-10-23-11-5-14/h2-3,12,14,21H,1,4-11H2. The van der Waals surface area contributed by atoms with E-state index < -0.39 is 0 Å². The minimum absolute atomic E-state index is 0.00442. The summed E-state index contributed by atoms with van der Waals surface area (Å²) in [6, 6.07) is 5.23. The zero-order valence-corrected chi connectivity index (χ0v) is 14.0. The summed E-state index contributed by atoms with van der Waals surface area (Å²) in [5.41, 5.74) is 0.535. The first-order valence-electron chi connectivity index (χ1n) is 8.25. The largest absolute Gasteiger partial charge is 0.506 e. The topological polar surface area (TPSA) is 53.0 Å². The fraction of sp³-hybridized carbons (Fsp3) is 0.588. The molecule has 0 spiro atoms. The lowest BCUT2D eigenvalue weighted by Gasteiger charge is -2.33. The molecule has 1 N–H and O–H groups in total. The van der Waals surface area contributed by atoms with Crippen molar-refractivity contribution in [3.05, 3.63) is 28.8 Å². The lowest BCUT2D eigenvalue weighted by Crippen LogP contribution is -2.42. The summed E-state index contributed by atoms with van der Waals surface area (Å²) in [7, 11) is 0. The Bertz CT molecular complexity index is 561. The second-order valence-corrected chi connectivity index (χ2v) is 6.60. The van der Waals surface area contributed by atoms with Gasteiger partial charge in [-0.2, -0.15) is 0 Å². The highest BCUT2D eigenvalue weighted by Crippen LogP contribution is 2.25. The number of phenols is 1. The third-order valence-corrected chi connectivity index (χ3v) is 5.02. The van der Waals surface area contributed by atoms with Crippen LogP contribution in [0.4, 0.5) is 0 Å². The van der Waals surface area contributed by atoms with Gasteiger partial charge < -0.3 is 14.7 Å². The fourth-order valence-corrected chi connectivity index (χ4v) is 3.56. The Kier molecular flexibility index (Phi) is 5.41. The monoisotopic (exact) mass is 338 g/mol. The maximum Gasteiger partial charge on any atom is 0.253 e. The molecule has 2 heterocycles. The average molecular weight is 339 g/mol. The summed E-state index contributed by atoms with van der Waals surface area (Å²) in [5, 5.41) is 9.70. The van der Waals surface area contributed by atoms with Gasteiger partial charge in [-0.1, -0.05) is 11.6 Å². The Morgan fingerprint density at radius 3 is 2.70 bits per heavy atom. The molecule has 126 valence electrons.